The number of amides is 1. The lowest BCUT2D eigenvalue weighted by molar-refractivity contribution is 0.0943. The Morgan fingerprint density at radius 3 is 3.15 bits per heavy atom. The first-order chi connectivity index (χ1) is 6.34. The molecule has 1 amide bonds. The van der Waals surface area contributed by atoms with Crippen molar-refractivity contribution in [2.45, 2.75) is 6.42 Å². The van der Waals surface area contributed by atoms with E-state index in [4.69, 9.17) is 0 Å². The average molecular weight is 201 g/mol. The zero-order chi connectivity index (χ0) is 9.52. The highest BCUT2D eigenvalue weighted by atomic mass is 32.2. The van der Waals surface area contributed by atoms with E-state index >= 15 is 0 Å². The predicted octanol–water partition coefficient (Wildman–Crippen LogP) is -0.317. The molecule has 0 aromatic carbocycles. The van der Waals surface area contributed by atoms with Gasteiger partial charge in [0.2, 0.25) is 0 Å². The number of H-pyrrole nitrogens is 1. The van der Waals surface area contributed by atoms with Gasteiger partial charge in [0.15, 0.2) is 0 Å². The molecule has 0 radical (unpaired) electrons. The molecule has 72 valence electrons. The molecule has 0 spiro atoms. The summed E-state index contributed by atoms with van der Waals surface area (Å²) in [4.78, 5) is 11.2. The van der Waals surface area contributed by atoms with Crippen LogP contribution in [0.4, 0.5) is 0 Å². The Kier molecular flexibility index (Phi) is 4.24. The highest BCUT2D eigenvalue weighted by molar-refractivity contribution is 7.98. The highest BCUT2D eigenvalue weighted by Gasteiger charge is 2.08. The molecule has 0 unspecified atom stereocenters. The number of nitrogens with one attached hydrogen (secondary N) is 2. The van der Waals surface area contributed by atoms with E-state index in [-0.39, 0.29) is 11.7 Å². The zero-order valence-electron chi connectivity index (χ0n) is 7.28. The number of hydrogen-bond acceptors (Lipinski definition) is 5. The summed E-state index contributed by atoms with van der Waals surface area (Å²) in [7, 11) is 0. The average Bonchev–Trinajstić information content (AvgIpc) is 2.65. The van der Waals surface area contributed by atoms with Crippen LogP contribution in [0.5, 0.6) is 0 Å². The van der Waals surface area contributed by atoms with Crippen LogP contribution in [0.1, 0.15) is 17.0 Å². The molecule has 6 nitrogen and oxygen atoms in total. The summed E-state index contributed by atoms with van der Waals surface area (Å²) in [6.07, 6.45) is 2.98. The number of hydrogen-bond donors (Lipinski definition) is 2. The quantitative estimate of drug-likeness (QED) is 0.638. The molecular weight excluding hydrogens is 190 g/mol. The van der Waals surface area contributed by atoms with E-state index in [0.29, 0.717) is 6.54 Å². The number of aromatic amines is 1. The minimum atomic E-state index is -0.283. The third-order valence-corrected chi connectivity index (χ3v) is 2.06. The maximum absolute atomic E-state index is 11.2. The van der Waals surface area contributed by atoms with Crippen LogP contribution in [0.15, 0.2) is 0 Å². The molecule has 0 saturated heterocycles. The number of rotatable bonds is 5. The smallest absolute Gasteiger partial charge is 0.292 e. The second-order valence-corrected chi connectivity index (χ2v) is 3.32. The fourth-order valence-electron chi connectivity index (χ4n) is 0.755. The molecule has 7 heteroatoms. The molecule has 13 heavy (non-hydrogen) atoms. The van der Waals surface area contributed by atoms with Crippen LogP contribution < -0.4 is 5.32 Å². The molecule has 2 N–H and O–H groups in total. The van der Waals surface area contributed by atoms with Gasteiger partial charge in [-0.15, -0.1) is 10.2 Å². The van der Waals surface area contributed by atoms with Crippen molar-refractivity contribution in [1.82, 2.24) is 25.9 Å². The summed E-state index contributed by atoms with van der Waals surface area (Å²) in [6, 6.07) is 0. The number of nitrogens with zero attached hydrogens (tertiary/aromatic N) is 3. The molecule has 0 fully saturated rings. The lowest BCUT2D eigenvalue weighted by Crippen LogP contribution is -2.25. The molecule has 0 aliphatic heterocycles. The minimum Gasteiger partial charge on any atom is -0.349 e. The number of carbonyl (C=O) groups excluding carboxylic acids is 1. The Morgan fingerprint density at radius 1 is 1.69 bits per heavy atom. The lowest BCUT2D eigenvalue weighted by Gasteiger charge is -1.99. The Hall–Kier alpha value is -1.11. The van der Waals surface area contributed by atoms with Gasteiger partial charge in [0.25, 0.3) is 11.7 Å². The number of carbonyl (C=O) groups is 1. The maximum atomic E-state index is 11.2. The largest absolute Gasteiger partial charge is 0.349 e. The van der Waals surface area contributed by atoms with Crippen LogP contribution in [-0.2, 0) is 0 Å². The summed E-state index contributed by atoms with van der Waals surface area (Å²) in [5.41, 5.74) is 0. The van der Waals surface area contributed by atoms with Crippen molar-refractivity contribution in [3.05, 3.63) is 5.82 Å². The van der Waals surface area contributed by atoms with E-state index in [1.165, 1.54) is 0 Å². The van der Waals surface area contributed by atoms with Crippen LogP contribution in [0.2, 0.25) is 0 Å². The Labute approximate surface area is 79.9 Å². The Bertz CT molecular complexity index is 250. The molecular formula is C6H11N5OS. The third kappa shape index (κ3) is 3.41. The fraction of sp³-hybridized carbons (Fsp3) is 0.667. The van der Waals surface area contributed by atoms with Gasteiger partial charge in [-0.1, -0.05) is 0 Å². The first-order valence-electron chi connectivity index (χ1n) is 3.85. The van der Waals surface area contributed by atoms with Gasteiger partial charge in [-0.2, -0.15) is 17.0 Å². The van der Waals surface area contributed by atoms with Gasteiger partial charge in [0, 0.05) is 6.54 Å². The third-order valence-electron chi connectivity index (χ3n) is 1.36. The van der Waals surface area contributed by atoms with Crippen LogP contribution in [0.25, 0.3) is 0 Å². The SMILES string of the molecule is CSCCCNC(=O)c1nn[nH]n1. The topological polar surface area (TPSA) is 83.6 Å². The van der Waals surface area contributed by atoms with E-state index < -0.39 is 0 Å². The van der Waals surface area contributed by atoms with Gasteiger partial charge in [0.1, 0.15) is 0 Å². The van der Waals surface area contributed by atoms with Crippen LogP contribution >= 0.6 is 11.8 Å². The maximum Gasteiger partial charge on any atom is 0.292 e. The van der Waals surface area contributed by atoms with Gasteiger partial charge in [-0.05, 0) is 23.6 Å². The molecule has 1 aromatic heterocycles. The first-order valence-corrected chi connectivity index (χ1v) is 5.24. The molecule has 0 atom stereocenters. The van der Waals surface area contributed by atoms with Gasteiger partial charge in [-0.3, -0.25) is 4.79 Å². The normalized spacial score (nSPS) is 9.92. The molecule has 0 aliphatic carbocycles. The summed E-state index contributed by atoms with van der Waals surface area (Å²) in [5, 5.41) is 15.3. The van der Waals surface area contributed by atoms with E-state index in [0.717, 1.165) is 12.2 Å². The molecule has 1 aromatic rings. The van der Waals surface area contributed by atoms with Crippen molar-refractivity contribution in [3.63, 3.8) is 0 Å². The molecule has 0 saturated carbocycles. The fourth-order valence-corrected chi connectivity index (χ4v) is 1.19. The van der Waals surface area contributed by atoms with E-state index in [9.17, 15) is 4.79 Å². The number of tetrazole rings is 1. The van der Waals surface area contributed by atoms with Crippen molar-refractivity contribution >= 4 is 17.7 Å². The van der Waals surface area contributed by atoms with Gasteiger partial charge in [-0.25, -0.2) is 0 Å². The van der Waals surface area contributed by atoms with E-state index in [1.54, 1.807) is 11.8 Å². The molecule has 0 bridgehead atoms. The van der Waals surface area contributed by atoms with Crippen molar-refractivity contribution in [2.75, 3.05) is 18.6 Å². The van der Waals surface area contributed by atoms with Crippen LogP contribution in [-0.4, -0.2) is 45.1 Å². The van der Waals surface area contributed by atoms with Gasteiger partial charge < -0.3 is 5.32 Å². The second kappa shape index (κ2) is 5.52. The summed E-state index contributed by atoms with van der Waals surface area (Å²) in [6.45, 7) is 0.647. The van der Waals surface area contributed by atoms with Crippen molar-refractivity contribution in [3.8, 4) is 0 Å². The first kappa shape index (κ1) is 9.97. The monoisotopic (exact) mass is 201 g/mol. The Balaban J connectivity index is 2.19. The van der Waals surface area contributed by atoms with Crippen LogP contribution in [0, 0.1) is 0 Å². The molecule has 0 aliphatic rings. The minimum absolute atomic E-state index is 0.0872. The zero-order valence-corrected chi connectivity index (χ0v) is 8.10. The number of aromatic nitrogens is 4. The van der Waals surface area contributed by atoms with Crippen molar-refractivity contribution in [2.24, 2.45) is 0 Å². The van der Waals surface area contributed by atoms with Gasteiger partial charge >= 0.3 is 0 Å². The lowest BCUT2D eigenvalue weighted by atomic mass is 10.4. The standard InChI is InChI=1S/C6H11N5OS/c1-13-4-2-3-7-6(12)5-8-10-11-9-5/h2-4H2,1H3,(H,7,12)(H,8,9,10,11). The van der Waals surface area contributed by atoms with Crippen LogP contribution in [0.3, 0.4) is 0 Å². The van der Waals surface area contributed by atoms with E-state index in [2.05, 4.69) is 25.9 Å². The van der Waals surface area contributed by atoms with Gasteiger partial charge in [0.05, 0.1) is 0 Å². The summed E-state index contributed by atoms with van der Waals surface area (Å²) in [5.74, 6) is 0.839. The molecule has 1 heterocycles. The van der Waals surface area contributed by atoms with E-state index in [1.807, 2.05) is 6.26 Å². The molecule has 1 rings (SSSR count). The van der Waals surface area contributed by atoms with Crippen molar-refractivity contribution in [1.29, 1.82) is 0 Å². The summed E-state index contributed by atoms with van der Waals surface area (Å²) >= 11 is 1.75. The predicted molar refractivity (Wildman–Crippen MR) is 49.5 cm³/mol. The highest BCUT2D eigenvalue weighted by Crippen LogP contribution is 1.93. The van der Waals surface area contributed by atoms with Crippen molar-refractivity contribution < 1.29 is 4.79 Å². The summed E-state index contributed by atoms with van der Waals surface area (Å²) < 4.78 is 0. The number of thioether (sulfide) groups is 1. The second-order valence-electron chi connectivity index (χ2n) is 2.34. The Morgan fingerprint density at radius 2 is 2.54 bits per heavy atom.